The number of carbonyl (C=O) groups excluding carboxylic acids is 1. The predicted molar refractivity (Wildman–Crippen MR) is 99.1 cm³/mol. The summed E-state index contributed by atoms with van der Waals surface area (Å²) in [5.74, 6) is 0.844. The molecule has 0 saturated heterocycles. The highest BCUT2D eigenvalue weighted by atomic mass is 35.5. The van der Waals surface area contributed by atoms with Gasteiger partial charge in [-0.3, -0.25) is 0 Å². The number of cyclic esters (lactones) is 1. The molecule has 124 valence electrons. The van der Waals surface area contributed by atoms with Crippen LogP contribution >= 0.6 is 34.5 Å². The molecule has 0 bridgehead atoms. The van der Waals surface area contributed by atoms with Gasteiger partial charge in [-0.15, -0.1) is 11.3 Å². The van der Waals surface area contributed by atoms with Gasteiger partial charge in [0.15, 0.2) is 5.70 Å². The lowest BCUT2D eigenvalue weighted by molar-refractivity contribution is -0.129. The minimum absolute atomic E-state index is 0.187. The van der Waals surface area contributed by atoms with E-state index in [9.17, 15) is 4.79 Å². The van der Waals surface area contributed by atoms with Gasteiger partial charge < -0.3 is 9.15 Å². The summed E-state index contributed by atoms with van der Waals surface area (Å²) >= 11 is 13.5. The Labute approximate surface area is 157 Å². The quantitative estimate of drug-likeness (QED) is 0.428. The molecule has 0 spiro atoms. The van der Waals surface area contributed by atoms with E-state index in [1.807, 2.05) is 17.5 Å². The summed E-state index contributed by atoms with van der Waals surface area (Å²) in [6, 6.07) is 12.4. The Morgan fingerprint density at radius 2 is 2.00 bits per heavy atom. The molecule has 4 nitrogen and oxygen atoms in total. The molecule has 0 unspecified atom stereocenters. The zero-order chi connectivity index (χ0) is 17.4. The molecule has 1 aliphatic heterocycles. The Balaban J connectivity index is 1.64. The van der Waals surface area contributed by atoms with Crippen molar-refractivity contribution in [2.45, 2.75) is 0 Å². The number of aliphatic imine (C=N–C) groups is 1. The van der Waals surface area contributed by atoms with E-state index in [0.717, 1.165) is 4.88 Å². The Bertz CT molecular complexity index is 1020. The summed E-state index contributed by atoms with van der Waals surface area (Å²) in [4.78, 5) is 17.0. The summed E-state index contributed by atoms with van der Waals surface area (Å²) in [5.41, 5.74) is 0.902. The van der Waals surface area contributed by atoms with Crippen LogP contribution in [0.25, 0.3) is 17.4 Å². The van der Waals surface area contributed by atoms with Crippen LogP contribution in [0.3, 0.4) is 0 Å². The number of hydrogen-bond donors (Lipinski definition) is 0. The van der Waals surface area contributed by atoms with Crippen LogP contribution in [0.5, 0.6) is 0 Å². The van der Waals surface area contributed by atoms with Gasteiger partial charge in [-0.2, -0.15) is 0 Å². The number of furan rings is 1. The van der Waals surface area contributed by atoms with E-state index in [2.05, 4.69) is 4.99 Å². The van der Waals surface area contributed by atoms with Crippen LogP contribution in [-0.2, 0) is 9.53 Å². The summed E-state index contributed by atoms with van der Waals surface area (Å²) in [7, 11) is 0. The van der Waals surface area contributed by atoms with E-state index < -0.39 is 5.97 Å². The van der Waals surface area contributed by atoms with Crippen LogP contribution in [0.4, 0.5) is 0 Å². The van der Waals surface area contributed by atoms with Gasteiger partial charge in [-0.1, -0.05) is 29.3 Å². The van der Waals surface area contributed by atoms with Crippen LogP contribution in [0.1, 0.15) is 10.6 Å². The lowest BCUT2D eigenvalue weighted by Gasteiger charge is -2.00. The van der Waals surface area contributed by atoms with E-state index >= 15 is 0 Å². The maximum Gasteiger partial charge on any atom is 0.363 e. The number of nitrogens with zero attached hydrogens (tertiary/aromatic N) is 1. The first-order valence-electron chi connectivity index (χ1n) is 7.22. The van der Waals surface area contributed by atoms with Crippen molar-refractivity contribution in [3.8, 4) is 11.3 Å². The molecule has 25 heavy (non-hydrogen) atoms. The summed E-state index contributed by atoms with van der Waals surface area (Å²) in [6.07, 6.45) is 1.54. The molecule has 3 aromatic rings. The van der Waals surface area contributed by atoms with Crippen molar-refractivity contribution in [2.75, 3.05) is 0 Å². The average Bonchev–Trinajstić information content (AvgIpc) is 3.30. The SMILES string of the molecule is O=C1OC(c2cccs2)=NC1=Cc1ccc(-c2ccc(Cl)cc2Cl)o1. The molecular weight excluding hydrogens is 381 g/mol. The number of ether oxygens (including phenoxy) is 1. The number of benzene rings is 1. The average molecular weight is 390 g/mol. The first-order valence-corrected chi connectivity index (χ1v) is 8.85. The van der Waals surface area contributed by atoms with Crippen LogP contribution in [0.15, 0.2) is 63.0 Å². The molecule has 0 N–H and O–H groups in total. The largest absolute Gasteiger partial charge is 0.457 e. The highest BCUT2D eigenvalue weighted by Gasteiger charge is 2.25. The minimum atomic E-state index is -0.508. The van der Waals surface area contributed by atoms with E-state index in [-0.39, 0.29) is 5.70 Å². The van der Waals surface area contributed by atoms with Gasteiger partial charge in [0.05, 0.1) is 9.90 Å². The fourth-order valence-corrected chi connectivity index (χ4v) is 3.46. The molecule has 0 saturated carbocycles. The zero-order valence-corrected chi connectivity index (χ0v) is 14.9. The molecule has 4 rings (SSSR count). The van der Waals surface area contributed by atoms with Crippen molar-refractivity contribution in [3.63, 3.8) is 0 Å². The van der Waals surface area contributed by atoms with E-state index in [4.69, 9.17) is 32.4 Å². The maximum atomic E-state index is 12.0. The monoisotopic (exact) mass is 389 g/mol. The van der Waals surface area contributed by atoms with Crippen molar-refractivity contribution in [1.29, 1.82) is 0 Å². The Morgan fingerprint density at radius 1 is 1.12 bits per heavy atom. The van der Waals surface area contributed by atoms with Crippen LogP contribution in [0.2, 0.25) is 10.0 Å². The van der Waals surface area contributed by atoms with E-state index in [1.165, 1.54) is 17.4 Å². The molecule has 1 aliphatic rings. The molecule has 2 aromatic heterocycles. The zero-order valence-electron chi connectivity index (χ0n) is 12.5. The fraction of sp³-hybridized carbons (Fsp3) is 0. The summed E-state index contributed by atoms with van der Waals surface area (Å²) < 4.78 is 10.9. The second-order valence-electron chi connectivity index (χ2n) is 5.14. The minimum Gasteiger partial charge on any atom is -0.457 e. The molecule has 0 amide bonds. The van der Waals surface area contributed by atoms with E-state index in [0.29, 0.717) is 33.0 Å². The topological polar surface area (TPSA) is 51.8 Å². The third-order valence-corrected chi connectivity index (χ3v) is 4.86. The van der Waals surface area contributed by atoms with E-state index in [1.54, 1.807) is 30.3 Å². The number of esters is 1. The number of thiophene rings is 1. The molecule has 1 aromatic carbocycles. The molecule has 3 heterocycles. The normalized spacial score (nSPS) is 15.5. The van der Waals surface area contributed by atoms with Crippen LogP contribution in [0, 0.1) is 0 Å². The Kier molecular flexibility index (Phi) is 4.21. The van der Waals surface area contributed by atoms with Gasteiger partial charge in [0.1, 0.15) is 11.5 Å². The van der Waals surface area contributed by atoms with Gasteiger partial charge in [0.25, 0.3) is 0 Å². The molecular formula is C18H9Cl2NO3S. The standard InChI is InChI=1S/C18H9Cl2NO3S/c19-10-3-5-12(13(20)8-10)15-6-4-11(23-15)9-14-18(22)24-17(21-14)16-2-1-7-25-16/h1-9H. The fourth-order valence-electron chi connectivity index (χ4n) is 2.31. The smallest absolute Gasteiger partial charge is 0.363 e. The van der Waals surface area contributed by atoms with Crippen molar-refractivity contribution in [3.05, 3.63) is 74.2 Å². The lowest BCUT2D eigenvalue weighted by Crippen LogP contribution is -2.03. The van der Waals surface area contributed by atoms with Gasteiger partial charge >= 0.3 is 5.97 Å². The molecule has 0 atom stereocenters. The maximum absolute atomic E-state index is 12.0. The molecule has 7 heteroatoms. The highest BCUT2D eigenvalue weighted by Crippen LogP contribution is 2.32. The van der Waals surface area contributed by atoms with Crippen molar-refractivity contribution < 1.29 is 13.9 Å². The van der Waals surface area contributed by atoms with Gasteiger partial charge in [0.2, 0.25) is 5.90 Å². The van der Waals surface area contributed by atoms with Gasteiger partial charge in [-0.05, 0) is 41.8 Å². The van der Waals surface area contributed by atoms with Gasteiger partial charge in [0, 0.05) is 16.7 Å². The van der Waals surface area contributed by atoms with Crippen molar-refractivity contribution in [2.24, 2.45) is 4.99 Å². The second-order valence-corrected chi connectivity index (χ2v) is 6.93. The number of carbonyl (C=O) groups is 1. The van der Waals surface area contributed by atoms with Crippen LogP contribution in [-0.4, -0.2) is 11.9 Å². The molecule has 0 fully saturated rings. The number of rotatable bonds is 3. The Morgan fingerprint density at radius 3 is 2.76 bits per heavy atom. The number of halogens is 2. The summed E-state index contributed by atoms with van der Waals surface area (Å²) in [5, 5.41) is 2.92. The van der Waals surface area contributed by atoms with Crippen molar-refractivity contribution >= 4 is 52.5 Å². The first kappa shape index (κ1) is 16.1. The predicted octanol–water partition coefficient (Wildman–Crippen LogP) is 5.66. The highest BCUT2D eigenvalue weighted by molar-refractivity contribution is 7.12. The second kappa shape index (κ2) is 6.52. The van der Waals surface area contributed by atoms with Crippen LogP contribution < -0.4 is 0 Å². The third kappa shape index (κ3) is 3.26. The number of hydrogen-bond acceptors (Lipinski definition) is 5. The molecule has 0 aliphatic carbocycles. The summed E-state index contributed by atoms with van der Waals surface area (Å²) in [6.45, 7) is 0. The van der Waals surface area contributed by atoms with Gasteiger partial charge in [-0.25, -0.2) is 9.79 Å². The Hall–Kier alpha value is -2.34. The first-order chi connectivity index (χ1) is 12.1. The molecule has 0 radical (unpaired) electrons. The van der Waals surface area contributed by atoms with Crippen molar-refractivity contribution in [1.82, 2.24) is 0 Å². The third-order valence-electron chi connectivity index (χ3n) is 3.45. The lowest BCUT2D eigenvalue weighted by atomic mass is 10.2.